The second-order valence-electron chi connectivity index (χ2n) is 6.44. The molecule has 1 aliphatic heterocycles. The molecule has 26 heavy (non-hydrogen) atoms. The Morgan fingerprint density at radius 2 is 2.15 bits per heavy atom. The third-order valence-electron chi connectivity index (χ3n) is 4.66. The van der Waals surface area contributed by atoms with Gasteiger partial charge in [0.2, 0.25) is 5.89 Å². The number of aromatic nitrogens is 1. The molecule has 1 saturated heterocycles. The first kappa shape index (κ1) is 16.6. The Morgan fingerprint density at radius 3 is 2.96 bits per heavy atom. The molecule has 6 heteroatoms. The zero-order valence-corrected chi connectivity index (χ0v) is 14.6. The summed E-state index contributed by atoms with van der Waals surface area (Å²) in [7, 11) is 1.66. The van der Waals surface area contributed by atoms with Crippen LogP contribution in [0, 0.1) is 0 Å². The second kappa shape index (κ2) is 7.17. The summed E-state index contributed by atoms with van der Waals surface area (Å²) in [6, 6.07) is 15.3. The van der Waals surface area contributed by atoms with E-state index in [9.17, 15) is 4.79 Å². The number of ether oxygens (including phenoxy) is 1. The number of nitrogens with zero attached hydrogens (tertiary/aromatic N) is 2. The SMILES string of the molecule is COC[C@@H]1CCCN1C(=O)Nc1ccc2oc(-c3ccccc3)nc2c1. The van der Waals surface area contributed by atoms with E-state index in [1.54, 1.807) is 7.11 Å². The van der Waals surface area contributed by atoms with E-state index in [4.69, 9.17) is 9.15 Å². The maximum absolute atomic E-state index is 12.6. The smallest absolute Gasteiger partial charge is 0.322 e. The topological polar surface area (TPSA) is 67.6 Å². The molecule has 0 spiro atoms. The average Bonchev–Trinajstić information content (AvgIpc) is 3.29. The van der Waals surface area contributed by atoms with Gasteiger partial charge in [0, 0.05) is 24.9 Å². The van der Waals surface area contributed by atoms with E-state index >= 15 is 0 Å². The van der Waals surface area contributed by atoms with Crippen LogP contribution in [-0.2, 0) is 4.74 Å². The van der Waals surface area contributed by atoms with Gasteiger partial charge in [0.25, 0.3) is 0 Å². The van der Waals surface area contributed by atoms with Crippen LogP contribution in [0.15, 0.2) is 52.9 Å². The van der Waals surface area contributed by atoms with Crippen molar-refractivity contribution >= 4 is 22.8 Å². The van der Waals surface area contributed by atoms with Crippen molar-refractivity contribution in [2.75, 3.05) is 25.6 Å². The summed E-state index contributed by atoms with van der Waals surface area (Å²) < 4.78 is 11.0. The van der Waals surface area contributed by atoms with E-state index in [2.05, 4.69) is 10.3 Å². The number of anilines is 1. The van der Waals surface area contributed by atoms with Gasteiger partial charge in [-0.1, -0.05) is 18.2 Å². The lowest BCUT2D eigenvalue weighted by atomic mass is 10.2. The Bertz CT molecular complexity index is 907. The first-order valence-electron chi connectivity index (χ1n) is 8.77. The Hall–Kier alpha value is -2.86. The van der Waals surface area contributed by atoms with E-state index in [1.165, 1.54) is 0 Å². The molecule has 2 amide bonds. The van der Waals surface area contributed by atoms with Gasteiger partial charge in [-0.3, -0.25) is 0 Å². The van der Waals surface area contributed by atoms with Crippen molar-refractivity contribution in [2.24, 2.45) is 0 Å². The molecule has 1 N–H and O–H groups in total. The molecule has 4 rings (SSSR count). The number of methoxy groups -OCH3 is 1. The van der Waals surface area contributed by atoms with Crippen molar-refractivity contribution in [1.29, 1.82) is 0 Å². The van der Waals surface area contributed by atoms with Crippen molar-refractivity contribution in [3.63, 3.8) is 0 Å². The molecule has 2 heterocycles. The predicted octanol–water partition coefficient (Wildman–Crippen LogP) is 4.14. The number of oxazole rings is 1. The minimum Gasteiger partial charge on any atom is -0.436 e. The zero-order chi connectivity index (χ0) is 17.9. The summed E-state index contributed by atoms with van der Waals surface area (Å²) in [5, 5.41) is 2.96. The van der Waals surface area contributed by atoms with E-state index in [0.29, 0.717) is 23.8 Å². The van der Waals surface area contributed by atoms with Crippen molar-refractivity contribution in [3.05, 3.63) is 48.5 Å². The normalized spacial score (nSPS) is 17.0. The van der Waals surface area contributed by atoms with Crippen molar-refractivity contribution in [1.82, 2.24) is 9.88 Å². The van der Waals surface area contributed by atoms with Crippen LogP contribution in [0.2, 0.25) is 0 Å². The van der Waals surface area contributed by atoms with Crippen LogP contribution in [0.5, 0.6) is 0 Å². The van der Waals surface area contributed by atoms with Crippen LogP contribution < -0.4 is 5.32 Å². The van der Waals surface area contributed by atoms with Crippen molar-refractivity contribution in [3.8, 4) is 11.5 Å². The molecule has 134 valence electrons. The van der Waals surface area contributed by atoms with Gasteiger partial charge in [-0.25, -0.2) is 9.78 Å². The van der Waals surface area contributed by atoms with E-state index in [1.807, 2.05) is 53.4 Å². The van der Waals surface area contributed by atoms with Gasteiger partial charge >= 0.3 is 6.03 Å². The molecular formula is C20H21N3O3. The summed E-state index contributed by atoms with van der Waals surface area (Å²) in [4.78, 5) is 19.0. The lowest BCUT2D eigenvalue weighted by Crippen LogP contribution is -2.40. The van der Waals surface area contributed by atoms with Crippen LogP contribution in [-0.4, -0.2) is 42.2 Å². The van der Waals surface area contributed by atoms with E-state index in [-0.39, 0.29) is 12.1 Å². The van der Waals surface area contributed by atoms with Crippen molar-refractivity contribution < 1.29 is 13.9 Å². The fourth-order valence-corrected chi connectivity index (χ4v) is 3.37. The predicted molar refractivity (Wildman–Crippen MR) is 100 cm³/mol. The molecule has 1 atom stereocenters. The number of amides is 2. The molecule has 1 aliphatic rings. The van der Waals surface area contributed by atoms with Gasteiger partial charge < -0.3 is 19.4 Å². The minimum absolute atomic E-state index is 0.101. The third-order valence-corrected chi connectivity index (χ3v) is 4.66. The molecule has 1 aromatic heterocycles. The van der Waals surface area contributed by atoms with E-state index in [0.717, 1.165) is 30.5 Å². The molecule has 0 bridgehead atoms. The molecule has 2 aromatic carbocycles. The number of nitrogens with one attached hydrogen (secondary N) is 1. The zero-order valence-electron chi connectivity index (χ0n) is 14.6. The van der Waals surface area contributed by atoms with Gasteiger partial charge in [0.1, 0.15) is 5.52 Å². The fourth-order valence-electron chi connectivity index (χ4n) is 3.37. The summed E-state index contributed by atoms with van der Waals surface area (Å²) in [6.07, 6.45) is 1.98. The van der Waals surface area contributed by atoms with Crippen LogP contribution in [0.25, 0.3) is 22.6 Å². The standard InChI is InChI=1S/C20H21N3O3/c1-25-13-16-8-5-11-23(16)20(24)21-15-9-10-18-17(12-15)22-19(26-18)14-6-3-2-4-7-14/h2-4,6-7,9-10,12,16H,5,8,11,13H2,1H3,(H,21,24)/t16-/m0/s1. The number of carbonyl (C=O) groups is 1. The number of fused-ring (bicyclic) bond motifs is 1. The molecule has 0 aliphatic carbocycles. The molecule has 3 aromatic rings. The van der Waals surface area contributed by atoms with Crippen LogP contribution in [0.4, 0.5) is 10.5 Å². The van der Waals surface area contributed by atoms with Crippen molar-refractivity contribution in [2.45, 2.75) is 18.9 Å². The lowest BCUT2D eigenvalue weighted by molar-refractivity contribution is 0.128. The first-order valence-corrected chi connectivity index (χ1v) is 8.77. The first-order chi connectivity index (χ1) is 12.7. The lowest BCUT2D eigenvalue weighted by Gasteiger charge is -2.24. The van der Waals surface area contributed by atoms with Gasteiger partial charge in [-0.15, -0.1) is 0 Å². The Balaban J connectivity index is 1.53. The monoisotopic (exact) mass is 351 g/mol. The number of carbonyl (C=O) groups excluding carboxylic acids is 1. The largest absolute Gasteiger partial charge is 0.436 e. The molecule has 1 fully saturated rings. The summed E-state index contributed by atoms with van der Waals surface area (Å²) in [5.74, 6) is 0.573. The van der Waals surface area contributed by atoms with Gasteiger partial charge in [0.05, 0.1) is 12.6 Å². The highest BCUT2D eigenvalue weighted by atomic mass is 16.5. The molecular weight excluding hydrogens is 330 g/mol. The van der Waals surface area contributed by atoms with Crippen LogP contribution in [0.3, 0.4) is 0 Å². The highest BCUT2D eigenvalue weighted by molar-refractivity contribution is 5.92. The minimum atomic E-state index is -0.101. The molecule has 6 nitrogen and oxygen atoms in total. The Kier molecular flexibility index (Phi) is 4.58. The average molecular weight is 351 g/mol. The summed E-state index contributed by atoms with van der Waals surface area (Å²) in [5.41, 5.74) is 3.05. The Morgan fingerprint density at radius 1 is 1.31 bits per heavy atom. The summed E-state index contributed by atoms with van der Waals surface area (Å²) >= 11 is 0. The van der Waals surface area contributed by atoms with Gasteiger partial charge in [-0.2, -0.15) is 0 Å². The quantitative estimate of drug-likeness (QED) is 0.767. The molecule has 0 radical (unpaired) electrons. The number of benzene rings is 2. The number of likely N-dealkylation sites (tertiary alicyclic amines) is 1. The molecule has 0 unspecified atom stereocenters. The fraction of sp³-hybridized carbons (Fsp3) is 0.300. The second-order valence-corrected chi connectivity index (χ2v) is 6.44. The number of hydrogen-bond donors (Lipinski definition) is 1. The van der Waals surface area contributed by atoms with E-state index < -0.39 is 0 Å². The van der Waals surface area contributed by atoms with Gasteiger partial charge in [0.15, 0.2) is 5.58 Å². The number of rotatable bonds is 4. The third kappa shape index (κ3) is 3.28. The highest BCUT2D eigenvalue weighted by Crippen LogP contribution is 2.26. The maximum Gasteiger partial charge on any atom is 0.322 e. The maximum atomic E-state index is 12.6. The summed E-state index contributed by atoms with van der Waals surface area (Å²) in [6.45, 7) is 1.32. The van der Waals surface area contributed by atoms with Gasteiger partial charge in [-0.05, 0) is 43.2 Å². The van der Waals surface area contributed by atoms with Crippen LogP contribution in [0.1, 0.15) is 12.8 Å². The van der Waals surface area contributed by atoms with Crippen LogP contribution >= 0.6 is 0 Å². The molecule has 0 saturated carbocycles. The Labute approximate surface area is 151 Å². The number of hydrogen-bond acceptors (Lipinski definition) is 4. The number of urea groups is 1. The highest BCUT2D eigenvalue weighted by Gasteiger charge is 2.28.